The van der Waals surface area contributed by atoms with Crippen molar-refractivity contribution in [3.63, 3.8) is 0 Å². The third-order valence-corrected chi connectivity index (χ3v) is 12.7. The highest BCUT2D eigenvalue weighted by atomic mass is 32.2. The maximum atomic E-state index is 12.8. The van der Waals surface area contributed by atoms with Gasteiger partial charge in [-0.2, -0.15) is 16.8 Å². The minimum Gasteiger partial charge on any atom is -0.439 e. The summed E-state index contributed by atoms with van der Waals surface area (Å²) >= 11 is 3.05. The Bertz CT molecular complexity index is 2820. The molecule has 0 bridgehead atoms. The van der Waals surface area contributed by atoms with E-state index in [0.29, 0.717) is 34.5 Å². The van der Waals surface area contributed by atoms with E-state index in [2.05, 4.69) is 18.0 Å². The first kappa shape index (κ1) is 35.9. The maximum Gasteiger partial charge on any atom is 0.385 e. The van der Waals surface area contributed by atoms with E-state index in [0.717, 1.165) is 42.3 Å². The van der Waals surface area contributed by atoms with Gasteiger partial charge in [0.2, 0.25) is 11.5 Å². The summed E-state index contributed by atoms with van der Waals surface area (Å²) in [6.45, 7) is 5.32. The molecule has 3 aliphatic rings. The van der Waals surface area contributed by atoms with E-state index in [1.807, 2.05) is 91.5 Å². The van der Waals surface area contributed by atoms with Crippen LogP contribution < -0.4 is 24.0 Å². The number of rotatable bonds is 7. The number of oxazole rings is 1. The van der Waals surface area contributed by atoms with Crippen LogP contribution in [0.5, 0.6) is 5.75 Å². The normalized spacial score (nSPS) is 15.5. The highest BCUT2D eigenvalue weighted by molar-refractivity contribution is 8.00. The summed E-state index contributed by atoms with van der Waals surface area (Å²) in [5, 5.41) is -0.661. The van der Waals surface area contributed by atoms with Gasteiger partial charge < -0.3 is 19.0 Å². The molecule has 5 aromatic rings. The summed E-state index contributed by atoms with van der Waals surface area (Å²) in [6, 6.07) is 23.0. The van der Waals surface area contributed by atoms with Gasteiger partial charge in [-0.25, -0.2) is 0 Å². The summed E-state index contributed by atoms with van der Waals surface area (Å²) < 4.78 is 84.6. The summed E-state index contributed by atoms with van der Waals surface area (Å²) in [5.41, 5.74) is 10.0. The van der Waals surface area contributed by atoms with Gasteiger partial charge in [-0.05, 0) is 48.9 Å². The smallest absolute Gasteiger partial charge is 0.385 e. The predicted molar refractivity (Wildman–Crippen MR) is 210 cm³/mol. The summed E-state index contributed by atoms with van der Waals surface area (Å²) in [7, 11) is -5.57. The second-order valence-electron chi connectivity index (χ2n) is 12.5. The van der Waals surface area contributed by atoms with Crippen LogP contribution in [-0.4, -0.2) is 45.9 Å². The average Bonchev–Trinajstić information content (AvgIpc) is 3.63. The van der Waals surface area contributed by atoms with Crippen LogP contribution >= 0.6 is 23.5 Å². The zero-order chi connectivity index (χ0) is 38.1. The lowest BCUT2D eigenvalue weighted by Crippen LogP contribution is -2.37. The molecule has 0 spiro atoms. The number of ether oxygens (including phenoxy) is 1. The van der Waals surface area contributed by atoms with Crippen molar-refractivity contribution in [3.05, 3.63) is 114 Å². The molecule has 3 aliphatic heterocycles. The van der Waals surface area contributed by atoms with Crippen molar-refractivity contribution in [3.8, 4) is 5.75 Å². The topological polar surface area (TPSA) is 145 Å². The van der Waals surface area contributed by atoms with Crippen LogP contribution in [0.3, 0.4) is 0 Å². The van der Waals surface area contributed by atoms with Crippen molar-refractivity contribution in [2.45, 2.75) is 32.9 Å². The molecule has 4 aromatic carbocycles. The summed E-state index contributed by atoms with van der Waals surface area (Å²) in [5.74, 6) is -0.300. The molecule has 0 saturated heterocycles. The van der Waals surface area contributed by atoms with Gasteiger partial charge in [0.1, 0.15) is 0 Å². The van der Waals surface area contributed by atoms with Crippen LogP contribution in [-0.2, 0) is 20.2 Å². The first-order valence-corrected chi connectivity index (χ1v) is 21.1. The van der Waals surface area contributed by atoms with Crippen molar-refractivity contribution in [1.82, 2.24) is 0 Å². The van der Waals surface area contributed by atoms with Crippen molar-refractivity contribution in [1.29, 1.82) is 0 Å². The van der Waals surface area contributed by atoms with Gasteiger partial charge in [-0.3, -0.25) is 14.0 Å². The third kappa shape index (κ3) is 6.32. The molecule has 274 valence electrons. The van der Waals surface area contributed by atoms with Gasteiger partial charge in [0.05, 0.1) is 34.5 Å². The molecule has 16 heteroatoms. The highest BCUT2D eigenvalue weighted by Gasteiger charge is 2.37. The van der Waals surface area contributed by atoms with E-state index in [1.165, 1.54) is 33.0 Å². The number of hydrogen-bond acceptors (Lipinski definition) is 11. The zero-order valence-electron chi connectivity index (χ0n) is 29.0. The summed E-state index contributed by atoms with van der Waals surface area (Å²) in [4.78, 5) is 9.12. The number of hydrogen-bond donors (Lipinski definition) is 2. The number of anilines is 5. The highest BCUT2D eigenvalue weighted by Crippen LogP contribution is 2.53. The largest absolute Gasteiger partial charge is 0.439 e. The fourth-order valence-electron chi connectivity index (χ4n) is 6.60. The van der Waals surface area contributed by atoms with E-state index in [-0.39, 0.29) is 11.8 Å². The van der Waals surface area contributed by atoms with Crippen molar-refractivity contribution in [2.75, 3.05) is 34.7 Å². The van der Waals surface area contributed by atoms with Crippen LogP contribution in [0.15, 0.2) is 132 Å². The van der Waals surface area contributed by atoms with E-state index in [4.69, 9.17) is 9.15 Å². The van der Waals surface area contributed by atoms with Gasteiger partial charge >= 0.3 is 21.0 Å². The van der Waals surface area contributed by atoms with Crippen LogP contribution in [0.25, 0.3) is 22.2 Å². The van der Waals surface area contributed by atoms with Gasteiger partial charge in [0.25, 0.3) is 15.6 Å². The number of benzene rings is 4. The second kappa shape index (κ2) is 13.3. The van der Waals surface area contributed by atoms with Gasteiger partial charge in [0, 0.05) is 63.7 Å². The quantitative estimate of drug-likeness (QED) is 0.0928. The molecule has 0 aliphatic carbocycles. The number of aromatic nitrogens is 1. The van der Waals surface area contributed by atoms with Crippen LogP contribution in [0.1, 0.15) is 19.2 Å². The average molecular weight is 800 g/mol. The number of para-hydroxylation sites is 2. The minimum atomic E-state index is -4.90. The van der Waals surface area contributed by atoms with Crippen LogP contribution in [0, 0.1) is 0 Å². The summed E-state index contributed by atoms with van der Waals surface area (Å²) in [6.07, 6.45) is 3.51. The van der Waals surface area contributed by atoms with Crippen LogP contribution in [0.4, 0.5) is 28.4 Å². The van der Waals surface area contributed by atoms with Gasteiger partial charge in [-0.15, -0.1) is 0 Å². The Morgan fingerprint density at radius 2 is 1.46 bits per heavy atom. The fraction of sp³-hybridized carbons (Fsp3) is 0.132. The number of nitrogens with zero attached hydrogens (tertiary/aromatic N) is 4. The van der Waals surface area contributed by atoms with E-state index < -0.39 is 31.1 Å². The van der Waals surface area contributed by atoms with Crippen LogP contribution in [0.2, 0.25) is 0 Å². The lowest BCUT2D eigenvalue weighted by Gasteiger charge is -2.29. The molecule has 2 N–H and O–H groups in total. The Balaban J connectivity index is 1.27. The molecule has 1 aromatic heterocycles. The Kier molecular flexibility index (Phi) is 8.83. The van der Waals surface area contributed by atoms with Gasteiger partial charge in [0.15, 0.2) is 11.6 Å². The van der Waals surface area contributed by atoms with E-state index in [1.54, 1.807) is 24.3 Å². The number of allylic oxidation sites excluding steroid dienone is 2. The van der Waals surface area contributed by atoms with E-state index >= 15 is 0 Å². The van der Waals surface area contributed by atoms with Crippen molar-refractivity contribution in [2.24, 2.45) is 0 Å². The molecule has 0 fully saturated rings. The predicted octanol–water partition coefficient (Wildman–Crippen LogP) is 8.19. The van der Waals surface area contributed by atoms with Gasteiger partial charge in [-0.1, -0.05) is 65.0 Å². The molecule has 0 unspecified atom stereocenters. The Labute approximate surface area is 320 Å². The molecule has 8 rings (SSSR count). The molecule has 0 radical (unpaired) electrons. The van der Waals surface area contributed by atoms with E-state index in [9.17, 15) is 25.9 Å². The maximum absolute atomic E-state index is 12.8. The Hall–Kier alpha value is -5.15. The second-order valence-corrected chi connectivity index (χ2v) is 17.4. The number of fused-ring (bicyclic) bond motifs is 6. The fourth-order valence-corrected chi connectivity index (χ4v) is 10.1. The lowest BCUT2D eigenvalue weighted by molar-refractivity contribution is -0.553. The third-order valence-electron chi connectivity index (χ3n) is 9.10. The molecule has 12 nitrogen and oxygen atoms in total. The monoisotopic (exact) mass is 799 g/mol. The first-order chi connectivity index (χ1) is 25.7. The molecule has 54 heavy (non-hydrogen) atoms. The molecular formula is C38H31N4O8S4+. The first-order valence-electron chi connectivity index (χ1n) is 16.4. The molecular weight excluding hydrogens is 769 g/mol. The molecule has 0 amide bonds. The minimum absolute atomic E-state index is 0.00434. The molecule has 0 atom stereocenters. The van der Waals surface area contributed by atoms with Crippen molar-refractivity contribution < 1.29 is 39.7 Å². The standard InChI is InChI=1S/C38H30N4O8S4/c1-5-11-38(54(46,47)48)42-27-21-35-29(40(4)25-13-8-10-15-33(25)52-35)19-31(27)50-37(42)17-23(6-2)16-36-41(22-53(43,44)45)26-20-34-28(18-30(26)49-36)39(3)24-12-7-9-14-32(24)51-34/h7-10,12-21H,1,6,22H2,2-4H3,(H-,43,44,45,46,47,48)/p+1. The van der Waals surface area contributed by atoms with Crippen molar-refractivity contribution >= 4 is 94.4 Å². The Morgan fingerprint density at radius 3 is 2.06 bits per heavy atom. The molecule has 4 heterocycles. The lowest BCUT2D eigenvalue weighted by atomic mass is 10.2. The molecule has 0 saturated carbocycles. The zero-order valence-corrected chi connectivity index (χ0v) is 32.2. The SMILES string of the molecule is C=C=C=C([n+]1c(C=C(C=C2Oc3cc4c(cc3N2CS(=O)(=O)O)Sc2ccccc2N4C)CC)oc2cc3c(cc21)Sc1ccccc1N3C)S(=O)(=O)O. The Morgan fingerprint density at radius 1 is 0.852 bits per heavy atom.